The lowest BCUT2D eigenvalue weighted by Crippen LogP contribution is -2.22. The predicted octanol–water partition coefficient (Wildman–Crippen LogP) is 3.51. The molecule has 0 radical (unpaired) electrons. The van der Waals surface area contributed by atoms with Crippen LogP contribution in [0.4, 0.5) is 4.39 Å². The first-order valence-electron chi connectivity index (χ1n) is 8.70. The van der Waals surface area contributed by atoms with Crippen LogP contribution in [0.1, 0.15) is 15.9 Å². The summed E-state index contributed by atoms with van der Waals surface area (Å²) in [6.45, 7) is 0.189. The number of halogens is 2. The number of sulfone groups is 1. The molecule has 0 saturated carbocycles. The van der Waals surface area contributed by atoms with E-state index >= 15 is 0 Å². The van der Waals surface area contributed by atoms with Gasteiger partial charge in [0.25, 0.3) is 5.91 Å². The number of aromatic amines is 1. The Morgan fingerprint density at radius 1 is 1.07 bits per heavy atom. The van der Waals surface area contributed by atoms with Gasteiger partial charge in [-0.3, -0.25) is 9.89 Å². The van der Waals surface area contributed by atoms with E-state index in [1.807, 2.05) is 0 Å². The molecule has 0 unspecified atom stereocenters. The van der Waals surface area contributed by atoms with Gasteiger partial charge >= 0.3 is 0 Å². The van der Waals surface area contributed by atoms with Gasteiger partial charge in [0, 0.05) is 23.2 Å². The molecule has 0 atom stereocenters. The topological polar surface area (TPSA) is 105 Å². The lowest BCUT2D eigenvalue weighted by molar-refractivity contribution is 0.0950. The summed E-state index contributed by atoms with van der Waals surface area (Å²) in [6.07, 6.45) is 3.01. The van der Waals surface area contributed by atoms with Crippen molar-refractivity contribution in [2.45, 2.75) is 16.3 Å². The van der Waals surface area contributed by atoms with Gasteiger partial charge in [0.15, 0.2) is 5.65 Å². The van der Waals surface area contributed by atoms with Crippen LogP contribution in [0.25, 0.3) is 11.0 Å². The molecular formula is C20H14ClFN4O3S. The van der Waals surface area contributed by atoms with Gasteiger partial charge in [-0.15, -0.1) is 0 Å². The Bertz CT molecular complexity index is 1330. The first kappa shape index (κ1) is 20.0. The van der Waals surface area contributed by atoms with Gasteiger partial charge in [-0.2, -0.15) is 5.10 Å². The SMILES string of the molecule is O=C(NCc1ccc(S(=O)(=O)c2cc(F)cc(Cl)c2)cc1)c1cnc2[nH]ncc2c1. The number of hydrogen-bond acceptors (Lipinski definition) is 5. The number of aromatic nitrogens is 3. The Morgan fingerprint density at radius 3 is 2.57 bits per heavy atom. The fraction of sp³-hybridized carbons (Fsp3) is 0.0500. The van der Waals surface area contributed by atoms with E-state index in [-0.39, 0.29) is 27.3 Å². The molecule has 7 nitrogen and oxygen atoms in total. The van der Waals surface area contributed by atoms with Gasteiger partial charge in [0.2, 0.25) is 9.84 Å². The molecule has 0 aliphatic heterocycles. The van der Waals surface area contributed by atoms with Crippen LogP contribution in [0.2, 0.25) is 5.02 Å². The van der Waals surface area contributed by atoms with Gasteiger partial charge in [0.05, 0.1) is 21.6 Å². The second-order valence-corrected chi connectivity index (χ2v) is 8.85. The molecule has 10 heteroatoms. The molecule has 2 heterocycles. The molecule has 0 spiro atoms. The number of amides is 1. The number of hydrogen-bond donors (Lipinski definition) is 2. The highest BCUT2D eigenvalue weighted by Crippen LogP contribution is 2.25. The summed E-state index contributed by atoms with van der Waals surface area (Å²) in [5.74, 6) is -1.06. The van der Waals surface area contributed by atoms with Crippen molar-refractivity contribution in [1.29, 1.82) is 0 Å². The van der Waals surface area contributed by atoms with Crippen molar-refractivity contribution in [3.8, 4) is 0 Å². The molecular weight excluding hydrogens is 431 g/mol. The van der Waals surface area contributed by atoms with Gasteiger partial charge < -0.3 is 5.32 Å². The summed E-state index contributed by atoms with van der Waals surface area (Å²) in [4.78, 5) is 16.2. The fourth-order valence-corrected chi connectivity index (χ4v) is 4.45. The van der Waals surface area contributed by atoms with Gasteiger partial charge in [0.1, 0.15) is 5.82 Å². The van der Waals surface area contributed by atoms with E-state index in [2.05, 4.69) is 20.5 Å². The van der Waals surface area contributed by atoms with Crippen molar-refractivity contribution in [2.24, 2.45) is 0 Å². The average molecular weight is 445 g/mol. The Morgan fingerprint density at radius 2 is 1.83 bits per heavy atom. The second-order valence-electron chi connectivity index (χ2n) is 6.47. The molecule has 4 aromatic rings. The fourth-order valence-electron chi connectivity index (χ4n) is 2.85. The zero-order valence-electron chi connectivity index (χ0n) is 15.3. The van der Waals surface area contributed by atoms with Crippen LogP contribution in [0, 0.1) is 5.82 Å². The summed E-state index contributed by atoms with van der Waals surface area (Å²) in [5, 5.41) is 10.0. The molecule has 2 aromatic heterocycles. The van der Waals surface area contributed by atoms with E-state index in [1.54, 1.807) is 24.4 Å². The molecule has 0 saturated heterocycles. The van der Waals surface area contributed by atoms with Crippen LogP contribution in [0.5, 0.6) is 0 Å². The van der Waals surface area contributed by atoms with Crippen LogP contribution in [-0.2, 0) is 16.4 Å². The third-order valence-electron chi connectivity index (χ3n) is 4.39. The number of fused-ring (bicyclic) bond motifs is 1. The molecule has 2 aromatic carbocycles. The maximum absolute atomic E-state index is 13.5. The van der Waals surface area contributed by atoms with Crippen LogP contribution >= 0.6 is 11.6 Å². The lowest BCUT2D eigenvalue weighted by Gasteiger charge is -2.08. The predicted molar refractivity (Wildman–Crippen MR) is 108 cm³/mol. The summed E-state index contributed by atoms with van der Waals surface area (Å²) in [6, 6.07) is 10.8. The van der Waals surface area contributed by atoms with Crippen molar-refractivity contribution in [3.63, 3.8) is 0 Å². The molecule has 4 rings (SSSR count). The number of benzene rings is 2. The molecule has 2 N–H and O–H groups in total. The summed E-state index contributed by atoms with van der Waals surface area (Å²) in [5.41, 5.74) is 1.66. The molecule has 152 valence electrons. The average Bonchev–Trinajstić information content (AvgIpc) is 3.19. The highest BCUT2D eigenvalue weighted by molar-refractivity contribution is 7.91. The maximum atomic E-state index is 13.5. The van der Waals surface area contributed by atoms with E-state index in [4.69, 9.17) is 11.6 Å². The minimum absolute atomic E-state index is 0.00370. The van der Waals surface area contributed by atoms with Gasteiger partial charge in [-0.25, -0.2) is 17.8 Å². The highest BCUT2D eigenvalue weighted by atomic mass is 35.5. The number of nitrogens with zero attached hydrogens (tertiary/aromatic N) is 2. The number of H-pyrrole nitrogens is 1. The Labute approximate surface area is 175 Å². The van der Waals surface area contributed by atoms with Crippen molar-refractivity contribution in [3.05, 3.63) is 82.9 Å². The van der Waals surface area contributed by atoms with Crippen molar-refractivity contribution in [2.75, 3.05) is 0 Å². The van der Waals surface area contributed by atoms with E-state index < -0.39 is 15.7 Å². The molecule has 0 fully saturated rings. The van der Waals surface area contributed by atoms with Crippen LogP contribution in [-0.4, -0.2) is 29.5 Å². The summed E-state index contributed by atoms with van der Waals surface area (Å²) in [7, 11) is -3.92. The molecule has 0 bridgehead atoms. The molecule has 0 aliphatic carbocycles. The monoisotopic (exact) mass is 444 g/mol. The maximum Gasteiger partial charge on any atom is 0.253 e. The minimum Gasteiger partial charge on any atom is -0.348 e. The zero-order chi connectivity index (χ0) is 21.3. The minimum atomic E-state index is -3.92. The van der Waals surface area contributed by atoms with Crippen molar-refractivity contribution in [1.82, 2.24) is 20.5 Å². The number of carbonyl (C=O) groups is 1. The standard InChI is InChI=1S/C20H14ClFN4O3S/c21-15-6-16(22)8-18(7-15)30(28,29)17-3-1-12(2-4-17)9-24-20(27)14-5-13-11-25-26-19(13)23-10-14/h1-8,10-11H,9H2,(H,24,27)(H,23,25,26). The molecule has 0 aliphatic rings. The number of nitrogens with one attached hydrogen (secondary N) is 2. The second kappa shape index (κ2) is 7.85. The van der Waals surface area contributed by atoms with Crippen LogP contribution < -0.4 is 5.32 Å². The Kier molecular flexibility index (Phi) is 5.23. The van der Waals surface area contributed by atoms with Crippen LogP contribution in [0.15, 0.2) is 70.7 Å². The third kappa shape index (κ3) is 4.03. The highest BCUT2D eigenvalue weighted by Gasteiger charge is 2.19. The summed E-state index contributed by atoms with van der Waals surface area (Å²) >= 11 is 5.76. The van der Waals surface area contributed by atoms with Crippen molar-refractivity contribution >= 4 is 38.4 Å². The molecule has 30 heavy (non-hydrogen) atoms. The Hall–Kier alpha value is -3.30. The van der Waals surface area contributed by atoms with Gasteiger partial charge in [-0.05, 0) is 42.0 Å². The Balaban J connectivity index is 1.47. The third-order valence-corrected chi connectivity index (χ3v) is 6.35. The van der Waals surface area contributed by atoms with E-state index in [1.165, 1.54) is 24.4 Å². The van der Waals surface area contributed by atoms with E-state index in [0.717, 1.165) is 17.5 Å². The zero-order valence-corrected chi connectivity index (χ0v) is 16.8. The van der Waals surface area contributed by atoms with Gasteiger partial charge in [-0.1, -0.05) is 23.7 Å². The number of carbonyl (C=O) groups excluding carboxylic acids is 1. The largest absolute Gasteiger partial charge is 0.348 e. The number of rotatable bonds is 5. The summed E-state index contributed by atoms with van der Waals surface area (Å²) < 4.78 is 38.9. The quantitative estimate of drug-likeness (QED) is 0.490. The number of pyridine rings is 1. The normalized spacial score (nSPS) is 11.5. The molecule has 1 amide bonds. The van der Waals surface area contributed by atoms with E-state index in [9.17, 15) is 17.6 Å². The van der Waals surface area contributed by atoms with E-state index in [0.29, 0.717) is 16.8 Å². The first-order valence-corrected chi connectivity index (χ1v) is 10.6. The first-order chi connectivity index (χ1) is 14.3. The van der Waals surface area contributed by atoms with Crippen molar-refractivity contribution < 1.29 is 17.6 Å². The van der Waals surface area contributed by atoms with Crippen LogP contribution in [0.3, 0.4) is 0 Å². The smallest absolute Gasteiger partial charge is 0.253 e. The lowest BCUT2D eigenvalue weighted by atomic mass is 10.2.